The largest absolute Gasteiger partial charge is 0.311 e. The molecule has 1 heteroatoms. The summed E-state index contributed by atoms with van der Waals surface area (Å²) in [4.78, 5) is 2.30. The normalized spacial score (nSPS) is 10.8. The van der Waals surface area contributed by atoms with E-state index in [-0.39, 0.29) is 0 Å². The molecule has 0 unspecified atom stereocenters. The number of rotatable bonds is 7. The molecule has 1 nitrogen and oxygen atoms in total. The molecule has 0 saturated carbocycles. The van der Waals surface area contributed by atoms with Crippen LogP contribution in [0.5, 0.6) is 0 Å². The third kappa shape index (κ3) is 8.06. The van der Waals surface area contributed by atoms with Crippen LogP contribution in [0.4, 0.5) is 17.1 Å². The SMILES string of the molecule is C=C/C(C)=C\C(=C)C.Cc1ccc(-c2ccc(N(c3ccccc3)c3ccc(-c4ccc(C)cc4)cc3)cc2)cc1. The highest BCUT2D eigenvalue weighted by atomic mass is 15.1. The van der Waals surface area contributed by atoms with Crippen molar-refractivity contribution in [2.45, 2.75) is 27.7 Å². The lowest BCUT2D eigenvalue weighted by Crippen LogP contribution is -2.09. The van der Waals surface area contributed by atoms with Crippen molar-refractivity contribution in [2.24, 2.45) is 0 Å². The number of aryl methyl sites for hydroxylation is 2. The van der Waals surface area contributed by atoms with Gasteiger partial charge >= 0.3 is 0 Å². The van der Waals surface area contributed by atoms with E-state index in [1.807, 2.05) is 26.0 Å². The van der Waals surface area contributed by atoms with Crippen LogP contribution in [0.1, 0.15) is 25.0 Å². The van der Waals surface area contributed by atoms with Crippen molar-refractivity contribution in [1.29, 1.82) is 0 Å². The molecule has 0 radical (unpaired) electrons. The summed E-state index contributed by atoms with van der Waals surface area (Å²) >= 11 is 0. The number of benzene rings is 5. The molecule has 0 aromatic heterocycles. The van der Waals surface area contributed by atoms with Gasteiger partial charge in [-0.15, -0.1) is 0 Å². The molecule has 0 heterocycles. The summed E-state index contributed by atoms with van der Waals surface area (Å²) in [6, 6.07) is 45.6. The molecule has 5 aromatic carbocycles. The van der Waals surface area contributed by atoms with E-state index in [0.29, 0.717) is 0 Å². The lowest BCUT2D eigenvalue weighted by Gasteiger charge is -2.26. The number of anilines is 3. The highest BCUT2D eigenvalue weighted by Crippen LogP contribution is 2.36. The zero-order valence-electron chi connectivity index (χ0n) is 24.6. The Bertz CT molecular complexity index is 1500. The lowest BCUT2D eigenvalue weighted by atomic mass is 10.0. The van der Waals surface area contributed by atoms with Gasteiger partial charge in [0.05, 0.1) is 0 Å². The molecule has 0 aliphatic heterocycles. The zero-order chi connectivity index (χ0) is 29.2. The number of allylic oxidation sites excluding steroid dienone is 4. The summed E-state index contributed by atoms with van der Waals surface area (Å²) in [5.74, 6) is 0. The van der Waals surface area contributed by atoms with Crippen molar-refractivity contribution in [3.05, 3.63) is 175 Å². The van der Waals surface area contributed by atoms with E-state index in [2.05, 4.69) is 159 Å². The quantitative estimate of drug-likeness (QED) is 0.188. The second kappa shape index (κ2) is 14.0. The first kappa shape index (κ1) is 29.1. The van der Waals surface area contributed by atoms with Crippen molar-refractivity contribution in [3.63, 3.8) is 0 Å². The van der Waals surface area contributed by atoms with Crippen LogP contribution in [-0.2, 0) is 0 Å². The zero-order valence-corrected chi connectivity index (χ0v) is 24.6. The Balaban J connectivity index is 0.000000426. The van der Waals surface area contributed by atoms with Gasteiger partial charge in [-0.2, -0.15) is 0 Å². The molecule has 0 aliphatic carbocycles. The van der Waals surface area contributed by atoms with Crippen LogP contribution in [0.2, 0.25) is 0 Å². The van der Waals surface area contributed by atoms with Crippen molar-refractivity contribution >= 4 is 17.1 Å². The van der Waals surface area contributed by atoms with Crippen molar-refractivity contribution in [3.8, 4) is 22.3 Å². The first-order valence-electron chi connectivity index (χ1n) is 14.0. The van der Waals surface area contributed by atoms with E-state index in [4.69, 9.17) is 0 Å². The Morgan fingerprint density at radius 2 is 0.854 bits per heavy atom. The summed E-state index contributed by atoms with van der Waals surface area (Å²) < 4.78 is 0. The Labute approximate surface area is 246 Å². The Hall–Kier alpha value is -4.88. The molecule has 0 amide bonds. The third-order valence-corrected chi connectivity index (χ3v) is 6.83. The summed E-state index contributed by atoms with van der Waals surface area (Å²) in [6.07, 6.45) is 3.81. The molecular weight excluding hydrogens is 494 g/mol. The molecule has 41 heavy (non-hydrogen) atoms. The number of para-hydroxylation sites is 1. The van der Waals surface area contributed by atoms with Gasteiger partial charge in [-0.05, 0) is 86.3 Å². The minimum absolute atomic E-state index is 1.07. The van der Waals surface area contributed by atoms with Crippen molar-refractivity contribution in [1.82, 2.24) is 0 Å². The fraction of sp³-hybridized carbons (Fsp3) is 0.100. The van der Waals surface area contributed by atoms with Gasteiger partial charge in [0.15, 0.2) is 0 Å². The molecule has 0 atom stereocenters. The average Bonchev–Trinajstić information content (AvgIpc) is 2.99. The van der Waals surface area contributed by atoms with E-state index < -0.39 is 0 Å². The highest BCUT2D eigenvalue weighted by molar-refractivity contribution is 5.79. The van der Waals surface area contributed by atoms with Gasteiger partial charge < -0.3 is 4.90 Å². The first-order valence-corrected chi connectivity index (χ1v) is 14.0. The fourth-order valence-corrected chi connectivity index (χ4v) is 4.57. The van der Waals surface area contributed by atoms with E-state index in [9.17, 15) is 0 Å². The standard InChI is InChI=1S/C32H27N.C8H12/c1-24-8-12-26(13-9-24)28-16-20-31(21-17-28)33(30-6-4-3-5-7-30)32-22-18-29(19-23-32)27-14-10-25(2)11-15-27;1-5-8(4)6-7(2)3/h3-23H,1-2H3;5-6H,1-2H2,3-4H3/b;8-6-. The predicted octanol–water partition coefficient (Wildman–Crippen LogP) is 11.8. The van der Waals surface area contributed by atoms with E-state index in [1.54, 1.807) is 0 Å². The van der Waals surface area contributed by atoms with Crippen LogP contribution < -0.4 is 4.90 Å². The topological polar surface area (TPSA) is 3.24 Å². The van der Waals surface area contributed by atoms with E-state index in [1.165, 1.54) is 33.4 Å². The molecule has 0 aliphatic rings. The Morgan fingerprint density at radius 3 is 1.17 bits per heavy atom. The molecule has 5 rings (SSSR count). The molecule has 0 bridgehead atoms. The smallest absolute Gasteiger partial charge is 0.0462 e. The second-order valence-corrected chi connectivity index (χ2v) is 10.4. The maximum atomic E-state index is 3.72. The Morgan fingerprint density at radius 1 is 0.512 bits per heavy atom. The van der Waals surface area contributed by atoms with Crippen molar-refractivity contribution in [2.75, 3.05) is 4.90 Å². The molecule has 0 N–H and O–H groups in total. The molecule has 0 saturated heterocycles. The van der Waals surface area contributed by atoms with Crippen LogP contribution in [0.15, 0.2) is 164 Å². The van der Waals surface area contributed by atoms with Crippen LogP contribution in [0, 0.1) is 13.8 Å². The minimum Gasteiger partial charge on any atom is -0.311 e. The number of nitrogens with zero attached hydrogens (tertiary/aromatic N) is 1. The van der Waals surface area contributed by atoms with Gasteiger partial charge in [-0.3, -0.25) is 0 Å². The fourth-order valence-electron chi connectivity index (χ4n) is 4.57. The molecule has 0 spiro atoms. The van der Waals surface area contributed by atoms with Gasteiger partial charge in [-0.1, -0.05) is 139 Å². The lowest BCUT2D eigenvalue weighted by molar-refractivity contribution is 1.28. The van der Waals surface area contributed by atoms with Crippen LogP contribution in [0.3, 0.4) is 0 Å². The number of hydrogen-bond acceptors (Lipinski definition) is 1. The predicted molar refractivity (Wildman–Crippen MR) is 180 cm³/mol. The second-order valence-electron chi connectivity index (χ2n) is 10.4. The first-order chi connectivity index (χ1) is 19.8. The summed E-state index contributed by atoms with van der Waals surface area (Å²) in [5, 5.41) is 0. The molecule has 0 fully saturated rings. The van der Waals surface area contributed by atoms with Crippen LogP contribution in [0.25, 0.3) is 22.3 Å². The van der Waals surface area contributed by atoms with Gasteiger partial charge in [0.1, 0.15) is 0 Å². The molecular formula is C40H39N. The maximum absolute atomic E-state index is 3.72. The number of hydrogen-bond donors (Lipinski definition) is 0. The highest BCUT2D eigenvalue weighted by Gasteiger charge is 2.12. The minimum atomic E-state index is 1.07. The van der Waals surface area contributed by atoms with E-state index >= 15 is 0 Å². The maximum Gasteiger partial charge on any atom is 0.0462 e. The van der Waals surface area contributed by atoms with Gasteiger partial charge in [0.2, 0.25) is 0 Å². The van der Waals surface area contributed by atoms with Gasteiger partial charge in [-0.25, -0.2) is 0 Å². The third-order valence-electron chi connectivity index (χ3n) is 6.83. The summed E-state index contributed by atoms with van der Waals surface area (Å²) in [7, 11) is 0. The van der Waals surface area contributed by atoms with Gasteiger partial charge in [0.25, 0.3) is 0 Å². The molecule has 5 aromatic rings. The monoisotopic (exact) mass is 533 g/mol. The molecule has 204 valence electrons. The van der Waals surface area contributed by atoms with Crippen molar-refractivity contribution < 1.29 is 0 Å². The average molecular weight is 534 g/mol. The van der Waals surface area contributed by atoms with Gasteiger partial charge in [0, 0.05) is 17.1 Å². The summed E-state index contributed by atoms with van der Waals surface area (Å²) in [5.41, 5.74) is 13.1. The Kier molecular flexibility index (Phi) is 9.91. The summed E-state index contributed by atoms with van der Waals surface area (Å²) in [6.45, 7) is 15.5. The van der Waals surface area contributed by atoms with E-state index in [0.717, 1.165) is 28.2 Å². The van der Waals surface area contributed by atoms with Crippen LogP contribution in [-0.4, -0.2) is 0 Å². The van der Waals surface area contributed by atoms with Crippen LogP contribution >= 0.6 is 0 Å².